The van der Waals surface area contributed by atoms with E-state index in [9.17, 15) is 0 Å². The molecule has 0 fully saturated rings. The first kappa shape index (κ1) is 11.0. The lowest BCUT2D eigenvalue weighted by Crippen LogP contribution is -1.79. The van der Waals surface area contributed by atoms with Gasteiger partial charge < -0.3 is 8.83 Å². The van der Waals surface area contributed by atoms with Gasteiger partial charge in [-0.2, -0.15) is 4.98 Å². The van der Waals surface area contributed by atoms with E-state index < -0.39 is 0 Å². The molecule has 0 aliphatic rings. The van der Waals surface area contributed by atoms with E-state index >= 15 is 0 Å². The summed E-state index contributed by atoms with van der Waals surface area (Å²) >= 11 is 0. The van der Waals surface area contributed by atoms with E-state index in [1.165, 1.54) is 0 Å². The van der Waals surface area contributed by atoms with E-state index in [0.29, 0.717) is 17.1 Å². The van der Waals surface area contributed by atoms with Gasteiger partial charge in [-0.05, 0) is 36.4 Å². The van der Waals surface area contributed by atoms with Crippen LogP contribution < -0.4 is 0 Å². The highest BCUT2D eigenvalue weighted by atomic mass is 16.3. The van der Waals surface area contributed by atoms with E-state index in [4.69, 9.17) is 8.83 Å². The second-order valence-electron chi connectivity index (χ2n) is 4.40. The molecule has 4 rings (SSSR count). The third kappa shape index (κ3) is 1.78. The molecule has 0 radical (unpaired) electrons. The number of hydrogen-bond acceptors (Lipinski definition) is 4. The number of rotatable bonds is 2. The summed E-state index contributed by atoms with van der Waals surface area (Å²) in [5, 5.41) is 0. The quantitative estimate of drug-likeness (QED) is 0.544. The van der Waals surface area contributed by atoms with Crippen LogP contribution >= 0.6 is 0 Å². The predicted octanol–water partition coefficient (Wildman–Crippen LogP) is 4.15. The molecule has 96 valence electrons. The highest BCUT2D eigenvalue weighted by Crippen LogP contribution is 2.26. The Balaban J connectivity index is 1.75. The fourth-order valence-corrected chi connectivity index (χ4v) is 2.11. The van der Waals surface area contributed by atoms with Crippen LogP contribution in [0.2, 0.25) is 0 Å². The van der Waals surface area contributed by atoms with Crippen LogP contribution in [-0.2, 0) is 0 Å². The maximum Gasteiger partial charge on any atom is 0.228 e. The Bertz CT molecular complexity index is 813. The van der Waals surface area contributed by atoms with Gasteiger partial charge in [-0.25, -0.2) is 4.98 Å². The van der Waals surface area contributed by atoms with Crippen LogP contribution in [-0.4, -0.2) is 9.97 Å². The summed E-state index contributed by atoms with van der Waals surface area (Å²) in [5.74, 6) is 1.42. The molecule has 0 N–H and O–H groups in total. The third-order valence-electron chi connectivity index (χ3n) is 3.10. The molecule has 0 bridgehead atoms. The Kier molecular flexibility index (Phi) is 2.39. The number of hydrogen-bond donors (Lipinski definition) is 0. The zero-order valence-corrected chi connectivity index (χ0v) is 10.5. The van der Waals surface area contributed by atoms with E-state index in [1.807, 2.05) is 48.5 Å². The normalized spacial score (nSPS) is 11.0. The van der Waals surface area contributed by atoms with Crippen molar-refractivity contribution in [1.29, 1.82) is 0 Å². The Hall–Kier alpha value is -2.88. The molecule has 0 aliphatic heterocycles. The highest BCUT2D eigenvalue weighted by molar-refractivity contribution is 5.72. The Morgan fingerprint density at radius 1 is 0.850 bits per heavy atom. The highest BCUT2D eigenvalue weighted by Gasteiger charge is 2.09. The second kappa shape index (κ2) is 4.35. The van der Waals surface area contributed by atoms with E-state index in [0.717, 1.165) is 16.9 Å². The molecule has 0 atom stereocenters. The van der Waals surface area contributed by atoms with Crippen molar-refractivity contribution in [3.63, 3.8) is 0 Å². The zero-order valence-electron chi connectivity index (χ0n) is 10.5. The summed E-state index contributed by atoms with van der Waals surface area (Å²) in [6, 6.07) is 15.4. The average molecular weight is 262 g/mol. The van der Waals surface area contributed by atoms with Gasteiger partial charge in [0.2, 0.25) is 5.89 Å². The smallest absolute Gasteiger partial charge is 0.228 e. The first-order valence-electron chi connectivity index (χ1n) is 6.26. The van der Waals surface area contributed by atoms with Gasteiger partial charge in [0.05, 0.1) is 6.26 Å². The third-order valence-corrected chi connectivity index (χ3v) is 3.10. The standard InChI is InChI=1S/C16H10N2O2/c1-3-14-15(17-9-1)18-16(20-14)12-7-5-11(6-8-12)13-4-2-10-19-13/h1-10H. The fourth-order valence-electron chi connectivity index (χ4n) is 2.11. The van der Waals surface area contributed by atoms with E-state index in [-0.39, 0.29) is 0 Å². The lowest BCUT2D eigenvalue weighted by molar-refractivity contribution is 0.582. The van der Waals surface area contributed by atoms with E-state index in [1.54, 1.807) is 12.5 Å². The van der Waals surface area contributed by atoms with Gasteiger partial charge >= 0.3 is 0 Å². The number of fused-ring (bicyclic) bond motifs is 1. The lowest BCUT2D eigenvalue weighted by atomic mass is 10.1. The first-order valence-corrected chi connectivity index (χ1v) is 6.26. The van der Waals surface area contributed by atoms with Crippen molar-refractivity contribution in [2.45, 2.75) is 0 Å². The minimum atomic E-state index is 0.574. The SMILES string of the molecule is c1coc(-c2ccc(-c3nc4ncccc4o3)cc2)c1. The molecule has 3 heterocycles. The monoisotopic (exact) mass is 262 g/mol. The Morgan fingerprint density at radius 2 is 1.70 bits per heavy atom. The van der Waals surface area contributed by atoms with Crippen LogP contribution in [0, 0.1) is 0 Å². The van der Waals surface area contributed by atoms with Gasteiger partial charge in [0.15, 0.2) is 11.2 Å². The Labute approximate surface area is 114 Å². The van der Waals surface area contributed by atoms with Gasteiger partial charge in [-0.1, -0.05) is 12.1 Å². The molecule has 20 heavy (non-hydrogen) atoms. The molecular weight excluding hydrogens is 252 g/mol. The Morgan fingerprint density at radius 3 is 2.45 bits per heavy atom. The van der Waals surface area contributed by atoms with Crippen molar-refractivity contribution >= 4 is 11.2 Å². The van der Waals surface area contributed by atoms with Crippen molar-refractivity contribution in [2.24, 2.45) is 0 Å². The molecule has 0 saturated heterocycles. The van der Waals surface area contributed by atoms with Crippen LogP contribution in [0.5, 0.6) is 0 Å². The van der Waals surface area contributed by atoms with Crippen molar-refractivity contribution in [3.8, 4) is 22.8 Å². The topological polar surface area (TPSA) is 52.1 Å². The number of furan rings is 1. The molecule has 0 saturated carbocycles. The van der Waals surface area contributed by atoms with Crippen LogP contribution in [0.4, 0.5) is 0 Å². The summed E-state index contributed by atoms with van der Waals surface area (Å²) in [5.41, 5.74) is 3.25. The molecule has 0 aliphatic carbocycles. The summed E-state index contributed by atoms with van der Waals surface area (Å²) in [6.07, 6.45) is 3.37. The van der Waals surface area contributed by atoms with Crippen LogP contribution in [0.1, 0.15) is 0 Å². The molecule has 4 heteroatoms. The summed E-state index contributed by atoms with van der Waals surface area (Å²) in [4.78, 5) is 8.54. The second-order valence-corrected chi connectivity index (χ2v) is 4.40. The first-order chi connectivity index (χ1) is 9.90. The lowest BCUT2D eigenvalue weighted by Gasteiger charge is -1.98. The summed E-state index contributed by atoms with van der Waals surface area (Å²) in [6.45, 7) is 0. The molecule has 0 amide bonds. The minimum absolute atomic E-state index is 0.574. The largest absolute Gasteiger partial charge is 0.464 e. The van der Waals surface area contributed by atoms with Crippen LogP contribution in [0.15, 0.2) is 69.8 Å². The summed E-state index contributed by atoms with van der Waals surface area (Å²) in [7, 11) is 0. The predicted molar refractivity (Wildman–Crippen MR) is 74.9 cm³/mol. The fraction of sp³-hybridized carbons (Fsp3) is 0. The molecule has 1 aromatic carbocycles. The molecule has 4 nitrogen and oxygen atoms in total. The van der Waals surface area contributed by atoms with Crippen molar-refractivity contribution < 1.29 is 8.83 Å². The van der Waals surface area contributed by atoms with Gasteiger partial charge in [-0.3, -0.25) is 0 Å². The molecule has 0 unspecified atom stereocenters. The van der Waals surface area contributed by atoms with Gasteiger partial charge in [-0.15, -0.1) is 0 Å². The van der Waals surface area contributed by atoms with Crippen LogP contribution in [0.3, 0.4) is 0 Å². The number of aromatic nitrogens is 2. The molecule has 3 aromatic heterocycles. The molecule has 4 aromatic rings. The molecular formula is C16H10N2O2. The van der Waals surface area contributed by atoms with Crippen LogP contribution in [0.25, 0.3) is 34.0 Å². The van der Waals surface area contributed by atoms with Gasteiger partial charge in [0.1, 0.15) is 5.76 Å². The maximum atomic E-state index is 5.69. The number of benzene rings is 1. The average Bonchev–Trinajstić information content (AvgIpc) is 3.17. The summed E-state index contributed by atoms with van der Waals surface area (Å²) < 4.78 is 11.1. The van der Waals surface area contributed by atoms with Crippen molar-refractivity contribution in [1.82, 2.24) is 9.97 Å². The maximum absolute atomic E-state index is 5.69. The minimum Gasteiger partial charge on any atom is -0.464 e. The van der Waals surface area contributed by atoms with Gasteiger partial charge in [0.25, 0.3) is 0 Å². The van der Waals surface area contributed by atoms with Crippen molar-refractivity contribution in [2.75, 3.05) is 0 Å². The number of oxazole rings is 1. The van der Waals surface area contributed by atoms with Gasteiger partial charge in [0, 0.05) is 17.3 Å². The number of nitrogens with zero attached hydrogens (tertiary/aromatic N) is 2. The van der Waals surface area contributed by atoms with Crippen molar-refractivity contribution in [3.05, 3.63) is 61.0 Å². The number of pyridine rings is 1. The van der Waals surface area contributed by atoms with E-state index in [2.05, 4.69) is 9.97 Å². The molecule has 0 spiro atoms. The zero-order chi connectivity index (χ0) is 13.4.